The maximum absolute atomic E-state index is 12.2. The summed E-state index contributed by atoms with van der Waals surface area (Å²) in [7, 11) is 0. The first-order valence-corrected chi connectivity index (χ1v) is 4.23. The summed E-state index contributed by atoms with van der Waals surface area (Å²) >= 11 is 0. The molecule has 2 nitrogen and oxygen atoms in total. The van der Waals surface area contributed by atoms with Gasteiger partial charge in [-0.3, -0.25) is 0 Å². The summed E-state index contributed by atoms with van der Waals surface area (Å²) < 4.78 is 41.3. The average Bonchev–Trinajstić information content (AvgIpc) is 2.49. The van der Waals surface area contributed by atoms with Crippen LogP contribution in [0.25, 0.3) is 0 Å². The van der Waals surface area contributed by atoms with E-state index in [1.165, 1.54) is 0 Å². The predicted octanol–water partition coefficient (Wildman–Crippen LogP) is 2.95. The lowest BCUT2D eigenvalue weighted by Gasteiger charge is -2.11. The number of nitrogens with two attached hydrogens (primary N) is 1. The van der Waals surface area contributed by atoms with E-state index in [-0.39, 0.29) is 11.7 Å². The van der Waals surface area contributed by atoms with Crippen LogP contribution in [-0.4, -0.2) is 0 Å². The van der Waals surface area contributed by atoms with Gasteiger partial charge in [0, 0.05) is 0 Å². The van der Waals surface area contributed by atoms with Gasteiger partial charge >= 0.3 is 6.18 Å². The smallest absolute Gasteiger partial charge is 0.419 e. The number of alkyl halides is 3. The van der Waals surface area contributed by atoms with Gasteiger partial charge in [-0.05, 0) is 12.0 Å². The van der Waals surface area contributed by atoms with Crippen molar-refractivity contribution in [3.8, 4) is 0 Å². The number of rotatable bonds is 2. The summed E-state index contributed by atoms with van der Waals surface area (Å²) in [5.41, 5.74) is 4.84. The fourth-order valence-corrected chi connectivity index (χ4v) is 1.00. The van der Waals surface area contributed by atoms with Gasteiger partial charge in [0.1, 0.15) is 12.0 Å². The van der Waals surface area contributed by atoms with Crippen molar-refractivity contribution in [1.82, 2.24) is 0 Å². The Morgan fingerprint density at radius 1 is 1.36 bits per heavy atom. The molecule has 0 saturated heterocycles. The molecule has 0 bridgehead atoms. The summed E-state index contributed by atoms with van der Waals surface area (Å²) in [6.07, 6.45) is -3.67. The summed E-state index contributed by atoms with van der Waals surface area (Å²) in [6, 6.07) is 0.455. The SMILES string of the molecule is CC(C)C(N)c1cc(C(F)(F)F)co1. The van der Waals surface area contributed by atoms with Gasteiger partial charge in [-0.1, -0.05) is 13.8 Å². The van der Waals surface area contributed by atoms with E-state index in [0.717, 1.165) is 6.07 Å². The van der Waals surface area contributed by atoms with E-state index in [0.29, 0.717) is 6.26 Å². The number of halogens is 3. The maximum atomic E-state index is 12.2. The van der Waals surface area contributed by atoms with Crippen molar-refractivity contribution in [2.45, 2.75) is 26.1 Å². The van der Waals surface area contributed by atoms with Crippen molar-refractivity contribution in [3.05, 3.63) is 23.7 Å². The molecule has 0 aliphatic heterocycles. The second kappa shape index (κ2) is 3.65. The third-order valence-corrected chi connectivity index (χ3v) is 1.99. The topological polar surface area (TPSA) is 39.2 Å². The normalized spacial score (nSPS) is 14.8. The van der Waals surface area contributed by atoms with Crippen LogP contribution in [0.2, 0.25) is 0 Å². The molecule has 0 spiro atoms. The van der Waals surface area contributed by atoms with Crippen molar-refractivity contribution < 1.29 is 17.6 Å². The molecule has 0 aromatic carbocycles. The van der Waals surface area contributed by atoms with Crippen LogP contribution in [0.5, 0.6) is 0 Å². The molecule has 1 rings (SSSR count). The molecule has 1 aromatic rings. The van der Waals surface area contributed by atoms with E-state index in [2.05, 4.69) is 0 Å². The second-order valence-electron chi connectivity index (χ2n) is 3.51. The minimum absolute atomic E-state index is 0.0437. The molecule has 1 unspecified atom stereocenters. The molecule has 2 N–H and O–H groups in total. The molecule has 0 amide bonds. The highest BCUT2D eigenvalue weighted by atomic mass is 19.4. The molecule has 0 radical (unpaired) electrons. The lowest BCUT2D eigenvalue weighted by Crippen LogP contribution is -2.15. The van der Waals surface area contributed by atoms with Gasteiger partial charge < -0.3 is 10.2 Å². The molecule has 1 aromatic heterocycles. The highest BCUT2D eigenvalue weighted by Gasteiger charge is 2.33. The molecular formula is C9H12F3NO. The van der Waals surface area contributed by atoms with Gasteiger partial charge in [-0.25, -0.2) is 0 Å². The van der Waals surface area contributed by atoms with Crippen molar-refractivity contribution in [3.63, 3.8) is 0 Å². The Morgan fingerprint density at radius 2 is 1.93 bits per heavy atom. The van der Waals surface area contributed by atoms with E-state index in [1.807, 2.05) is 13.8 Å². The highest BCUT2D eigenvalue weighted by molar-refractivity contribution is 5.18. The zero-order chi connectivity index (χ0) is 10.9. The molecule has 5 heteroatoms. The van der Waals surface area contributed by atoms with Crippen molar-refractivity contribution >= 4 is 0 Å². The van der Waals surface area contributed by atoms with Gasteiger partial charge in [0.2, 0.25) is 0 Å². The van der Waals surface area contributed by atoms with E-state index >= 15 is 0 Å². The van der Waals surface area contributed by atoms with Crippen LogP contribution in [0.3, 0.4) is 0 Å². The van der Waals surface area contributed by atoms with Crippen molar-refractivity contribution in [1.29, 1.82) is 0 Å². The third-order valence-electron chi connectivity index (χ3n) is 1.99. The first-order valence-electron chi connectivity index (χ1n) is 4.23. The van der Waals surface area contributed by atoms with E-state index in [1.54, 1.807) is 0 Å². The van der Waals surface area contributed by atoms with Gasteiger partial charge in [-0.15, -0.1) is 0 Å². The quantitative estimate of drug-likeness (QED) is 0.809. The fraction of sp³-hybridized carbons (Fsp3) is 0.556. The van der Waals surface area contributed by atoms with Gasteiger partial charge in [-0.2, -0.15) is 13.2 Å². The Labute approximate surface area is 79.9 Å². The van der Waals surface area contributed by atoms with E-state index in [4.69, 9.17) is 10.2 Å². The molecule has 14 heavy (non-hydrogen) atoms. The highest BCUT2D eigenvalue weighted by Crippen LogP contribution is 2.32. The molecular weight excluding hydrogens is 195 g/mol. The summed E-state index contributed by atoms with van der Waals surface area (Å²) in [5.74, 6) is 0.217. The Morgan fingerprint density at radius 3 is 2.29 bits per heavy atom. The van der Waals surface area contributed by atoms with Crippen molar-refractivity contribution in [2.75, 3.05) is 0 Å². The zero-order valence-electron chi connectivity index (χ0n) is 7.93. The summed E-state index contributed by atoms with van der Waals surface area (Å²) in [4.78, 5) is 0. The largest absolute Gasteiger partial charge is 0.467 e. The van der Waals surface area contributed by atoms with Crippen LogP contribution in [0.15, 0.2) is 16.7 Å². The molecule has 0 fully saturated rings. The standard InChI is InChI=1S/C9H12F3NO/c1-5(2)8(13)7-3-6(4-14-7)9(10,11)12/h3-5,8H,13H2,1-2H3. The Balaban J connectivity index is 2.89. The lowest BCUT2D eigenvalue weighted by molar-refractivity contribution is -0.137. The van der Waals surface area contributed by atoms with Crippen LogP contribution in [-0.2, 0) is 6.18 Å². The first-order chi connectivity index (χ1) is 6.32. The number of furan rings is 1. The maximum Gasteiger partial charge on any atom is 0.419 e. The average molecular weight is 207 g/mol. The van der Waals surface area contributed by atoms with Crippen LogP contribution in [0, 0.1) is 5.92 Å². The van der Waals surface area contributed by atoms with Gasteiger partial charge in [0.25, 0.3) is 0 Å². The minimum atomic E-state index is -4.36. The number of hydrogen-bond acceptors (Lipinski definition) is 2. The van der Waals surface area contributed by atoms with Crippen LogP contribution >= 0.6 is 0 Å². The van der Waals surface area contributed by atoms with E-state index < -0.39 is 17.8 Å². The Kier molecular flexibility index (Phi) is 2.89. The van der Waals surface area contributed by atoms with Crippen LogP contribution in [0.4, 0.5) is 13.2 Å². The molecule has 1 heterocycles. The van der Waals surface area contributed by atoms with Gasteiger partial charge in [0.15, 0.2) is 0 Å². The number of hydrogen-bond donors (Lipinski definition) is 1. The fourth-order valence-electron chi connectivity index (χ4n) is 1.00. The van der Waals surface area contributed by atoms with E-state index in [9.17, 15) is 13.2 Å². The Bertz CT molecular complexity index is 303. The zero-order valence-corrected chi connectivity index (χ0v) is 7.93. The van der Waals surface area contributed by atoms with Crippen LogP contribution < -0.4 is 5.73 Å². The molecule has 0 saturated carbocycles. The Hall–Kier alpha value is -0.970. The molecule has 0 aliphatic rings. The third kappa shape index (κ3) is 2.29. The van der Waals surface area contributed by atoms with Crippen molar-refractivity contribution in [2.24, 2.45) is 11.7 Å². The second-order valence-corrected chi connectivity index (χ2v) is 3.51. The monoisotopic (exact) mass is 207 g/mol. The summed E-state index contributed by atoms with van der Waals surface area (Å²) in [6.45, 7) is 3.64. The molecule has 80 valence electrons. The van der Waals surface area contributed by atoms with Crippen LogP contribution in [0.1, 0.15) is 31.2 Å². The molecule has 0 aliphatic carbocycles. The first kappa shape index (κ1) is 11.1. The molecule has 1 atom stereocenters. The predicted molar refractivity (Wildman–Crippen MR) is 45.5 cm³/mol. The van der Waals surface area contributed by atoms with Gasteiger partial charge in [0.05, 0.1) is 11.6 Å². The minimum Gasteiger partial charge on any atom is -0.467 e. The summed E-state index contributed by atoms with van der Waals surface area (Å²) in [5, 5.41) is 0. The lowest BCUT2D eigenvalue weighted by atomic mass is 10.0.